The Balaban J connectivity index is 0. The zero-order chi connectivity index (χ0) is 13.3. The van der Waals surface area contributed by atoms with E-state index in [0.717, 1.165) is 12.1 Å². The third kappa shape index (κ3) is 4.46. The zero-order valence-electron chi connectivity index (χ0n) is 10.3. The molecule has 1 unspecified atom stereocenters. The van der Waals surface area contributed by atoms with Crippen molar-refractivity contribution in [3.63, 3.8) is 0 Å². The molecule has 0 heterocycles. The molecule has 1 aromatic rings. The molecular formula is C8H10ClNaO6S2. The molecule has 2 N–H and O–H groups in total. The number of benzene rings is 1. The molecular weight excluding hydrogens is 315 g/mol. The molecule has 98 valence electrons. The van der Waals surface area contributed by atoms with E-state index < -0.39 is 36.3 Å². The van der Waals surface area contributed by atoms with Crippen LogP contribution in [0.4, 0.5) is 0 Å². The van der Waals surface area contributed by atoms with E-state index >= 15 is 0 Å². The maximum Gasteiger partial charge on any atom is 1.00 e. The largest absolute Gasteiger partial charge is 1.00 e. The fourth-order valence-corrected chi connectivity index (χ4v) is 3.47. The summed E-state index contributed by atoms with van der Waals surface area (Å²) in [6.07, 6.45) is 0. The van der Waals surface area contributed by atoms with Crippen molar-refractivity contribution in [3.05, 3.63) is 29.8 Å². The van der Waals surface area contributed by atoms with Gasteiger partial charge in [0.1, 0.15) is 5.25 Å². The summed E-state index contributed by atoms with van der Waals surface area (Å²) >= 11 is 5.39. The first kappa shape index (κ1) is 18.3. The minimum Gasteiger partial charge on any atom is -1.00 e. The van der Waals surface area contributed by atoms with Gasteiger partial charge in [-0.3, -0.25) is 9.11 Å². The fraction of sp³-hybridized carbons (Fsp3) is 0.250. The average Bonchev–Trinajstić information content (AvgIpc) is 2.15. The average molecular weight is 325 g/mol. The predicted octanol–water partition coefficient (Wildman–Crippen LogP) is -1.78. The molecule has 1 atom stereocenters. The predicted molar refractivity (Wildman–Crippen MR) is 62.4 cm³/mol. The van der Waals surface area contributed by atoms with Gasteiger partial charge in [-0.1, -0.05) is 18.2 Å². The maximum atomic E-state index is 11.0. The number of rotatable bonds is 4. The molecule has 10 heteroatoms. The molecule has 1 aromatic carbocycles. The molecule has 18 heavy (non-hydrogen) atoms. The van der Waals surface area contributed by atoms with Crippen molar-refractivity contribution in [1.29, 1.82) is 0 Å². The van der Waals surface area contributed by atoms with Crippen molar-refractivity contribution in [2.75, 3.05) is 5.88 Å². The van der Waals surface area contributed by atoms with Gasteiger partial charge in [-0.15, -0.1) is 11.6 Å². The summed E-state index contributed by atoms with van der Waals surface area (Å²) in [5, 5.41) is -1.61. The van der Waals surface area contributed by atoms with E-state index in [1.165, 1.54) is 12.1 Å². The minimum atomic E-state index is -4.58. The second-order valence-corrected chi connectivity index (χ2v) is 6.47. The topological polar surface area (TPSA) is 109 Å². The van der Waals surface area contributed by atoms with E-state index in [2.05, 4.69) is 0 Å². The molecule has 0 radical (unpaired) electrons. The second-order valence-electron chi connectivity index (χ2n) is 3.17. The van der Waals surface area contributed by atoms with Crippen molar-refractivity contribution >= 4 is 31.8 Å². The number of halogens is 1. The Hall–Kier alpha value is 0.330. The summed E-state index contributed by atoms with van der Waals surface area (Å²) in [7, 11) is -9.14. The van der Waals surface area contributed by atoms with E-state index in [0.29, 0.717) is 0 Å². The van der Waals surface area contributed by atoms with Crippen molar-refractivity contribution < 1.29 is 56.9 Å². The summed E-state index contributed by atoms with van der Waals surface area (Å²) < 4.78 is 62.0. The van der Waals surface area contributed by atoms with Crippen LogP contribution in [0.3, 0.4) is 0 Å². The van der Waals surface area contributed by atoms with E-state index in [4.69, 9.17) is 20.7 Å². The molecule has 6 nitrogen and oxygen atoms in total. The second kappa shape index (κ2) is 6.67. The van der Waals surface area contributed by atoms with Crippen LogP contribution in [0.2, 0.25) is 0 Å². The van der Waals surface area contributed by atoms with Gasteiger partial charge in [0, 0.05) is 5.88 Å². The number of hydrogen-bond acceptors (Lipinski definition) is 4. The third-order valence-corrected chi connectivity index (χ3v) is 4.60. The number of alkyl halides is 1. The van der Waals surface area contributed by atoms with Crippen LogP contribution in [-0.4, -0.2) is 31.8 Å². The molecule has 0 fully saturated rings. The minimum absolute atomic E-state index is 0. The molecule has 0 saturated carbocycles. The van der Waals surface area contributed by atoms with Crippen LogP contribution >= 0.6 is 11.6 Å². The van der Waals surface area contributed by atoms with Crippen LogP contribution in [0.5, 0.6) is 0 Å². The Labute approximate surface area is 134 Å². The third-order valence-electron chi connectivity index (χ3n) is 2.04. The Morgan fingerprint density at radius 3 is 2.06 bits per heavy atom. The zero-order valence-corrected chi connectivity index (χ0v) is 13.7. The van der Waals surface area contributed by atoms with E-state index in [-0.39, 0.29) is 36.5 Å². The molecule has 0 saturated heterocycles. The van der Waals surface area contributed by atoms with Crippen molar-refractivity contribution in [2.45, 2.75) is 10.1 Å². The van der Waals surface area contributed by atoms with Crippen LogP contribution in [0, 0.1) is 0 Å². The van der Waals surface area contributed by atoms with Gasteiger partial charge in [0.25, 0.3) is 20.2 Å². The van der Waals surface area contributed by atoms with Crippen LogP contribution in [-0.2, 0) is 20.2 Å². The van der Waals surface area contributed by atoms with E-state index in [9.17, 15) is 16.8 Å². The van der Waals surface area contributed by atoms with Crippen molar-refractivity contribution in [3.8, 4) is 0 Å². The summed E-state index contributed by atoms with van der Waals surface area (Å²) in [5.41, 5.74) is -0.271. The van der Waals surface area contributed by atoms with E-state index in [1.54, 1.807) is 0 Å². The molecule has 0 aliphatic carbocycles. The quantitative estimate of drug-likeness (QED) is 0.385. The van der Waals surface area contributed by atoms with Gasteiger partial charge in [0.15, 0.2) is 0 Å². The van der Waals surface area contributed by atoms with E-state index in [1.807, 2.05) is 0 Å². The normalized spacial score (nSPS) is 13.7. The molecule has 1 rings (SSSR count). The van der Waals surface area contributed by atoms with Gasteiger partial charge in [-0.2, -0.15) is 16.8 Å². The van der Waals surface area contributed by atoms with Gasteiger partial charge in [0.2, 0.25) is 0 Å². The Morgan fingerprint density at radius 2 is 1.67 bits per heavy atom. The van der Waals surface area contributed by atoms with Gasteiger partial charge in [0.05, 0.1) is 4.90 Å². The fourth-order valence-electron chi connectivity index (χ4n) is 1.30. The maximum absolute atomic E-state index is 11.0. The first-order chi connectivity index (χ1) is 7.68. The first-order valence-corrected chi connectivity index (χ1v) is 7.74. The van der Waals surface area contributed by atoms with Crippen LogP contribution < -0.4 is 29.6 Å². The van der Waals surface area contributed by atoms with Crippen LogP contribution in [0.1, 0.15) is 12.2 Å². The molecule has 0 aromatic heterocycles. The Kier molecular flexibility index (Phi) is 6.79. The number of hydrogen-bond donors (Lipinski definition) is 2. The SMILES string of the molecule is O=S(=O)(O)c1ccccc1C(CCl)S(=O)(=O)O.[H-].[Na+]. The first-order valence-electron chi connectivity index (χ1n) is 4.26. The molecule has 0 amide bonds. The van der Waals surface area contributed by atoms with Crippen molar-refractivity contribution in [2.24, 2.45) is 0 Å². The molecule has 0 spiro atoms. The Bertz CT molecular complexity index is 618. The van der Waals surface area contributed by atoms with Crippen molar-refractivity contribution in [1.82, 2.24) is 0 Å². The summed E-state index contributed by atoms with van der Waals surface area (Å²) in [4.78, 5) is -0.594. The molecule has 0 aliphatic rings. The standard InChI is InChI=1S/C8H9ClO6S2.Na.H/c9-5-8(17(13,14)15)6-3-1-2-4-7(6)16(10,11)12;;/h1-4,8H,5H2,(H,10,11,12)(H,13,14,15);;/q;+1;-1. The summed E-state index contributed by atoms with van der Waals surface area (Å²) in [5.74, 6) is -0.536. The van der Waals surface area contributed by atoms with Gasteiger partial charge in [-0.05, 0) is 11.6 Å². The van der Waals surface area contributed by atoms with Gasteiger partial charge < -0.3 is 1.43 Å². The molecule has 0 bridgehead atoms. The van der Waals surface area contributed by atoms with Gasteiger partial charge in [-0.25, -0.2) is 0 Å². The molecule has 0 aliphatic heterocycles. The monoisotopic (exact) mass is 324 g/mol. The summed E-state index contributed by atoms with van der Waals surface area (Å²) in [6.45, 7) is 0. The van der Waals surface area contributed by atoms with Crippen LogP contribution in [0.25, 0.3) is 0 Å². The summed E-state index contributed by atoms with van der Waals surface area (Å²) in [6, 6.07) is 4.86. The Morgan fingerprint density at radius 1 is 1.17 bits per heavy atom. The van der Waals surface area contributed by atoms with Crippen LogP contribution in [0.15, 0.2) is 29.2 Å². The van der Waals surface area contributed by atoms with Gasteiger partial charge >= 0.3 is 29.6 Å². The smallest absolute Gasteiger partial charge is 1.00 e.